The van der Waals surface area contributed by atoms with Crippen LogP contribution >= 0.6 is 0 Å². The molecule has 26 heavy (non-hydrogen) atoms. The fourth-order valence-corrected chi connectivity index (χ4v) is 4.05. The normalized spacial score (nSPS) is 24.1. The van der Waals surface area contributed by atoms with Gasteiger partial charge >= 0.3 is 0 Å². The fourth-order valence-electron chi connectivity index (χ4n) is 4.05. The SMILES string of the molecule is O=c1cc(N2CCOC(N3CCCC3Cc3ccc(F)cc3)C2)cc[nH]1. The number of hydrogen-bond acceptors (Lipinski definition) is 4. The molecule has 0 radical (unpaired) electrons. The lowest BCUT2D eigenvalue weighted by Crippen LogP contribution is -2.53. The van der Waals surface area contributed by atoms with E-state index in [9.17, 15) is 9.18 Å². The number of pyridine rings is 1. The Morgan fingerprint density at radius 1 is 1.19 bits per heavy atom. The molecule has 3 heterocycles. The van der Waals surface area contributed by atoms with E-state index < -0.39 is 0 Å². The number of rotatable bonds is 4. The van der Waals surface area contributed by atoms with Gasteiger partial charge in [-0.3, -0.25) is 9.69 Å². The lowest BCUT2D eigenvalue weighted by molar-refractivity contribution is -0.0724. The third-order valence-corrected chi connectivity index (χ3v) is 5.35. The first kappa shape index (κ1) is 17.2. The summed E-state index contributed by atoms with van der Waals surface area (Å²) in [6.07, 6.45) is 4.90. The van der Waals surface area contributed by atoms with Gasteiger partial charge in [-0.15, -0.1) is 0 Å². The third-order valence-electron chi connectivity index (χ3n) is 5.35. The number of halogens is 1. The maximum absolute atomic E-state index is 13.1. The number of anilines is 1. The summed E-state index contributed by atoms with van der Waals surface area (Å²) < 4.78 is 19.2. The van der Waals surface area contributed by atoms with Gasteiger partial charge in [-0.05, 0) is 43.0 Å². The molecule has 2 aromatic rings. The molecule has 0 amide bonds. The van der Waals surface area contributed by atoms with Crippen LogP contribution < -0.4 is 10.5 Å². The number of aromatic amines is 1. The molecule has 2 atom stereocenters. The van der Waals surface area contributed by atoms with E-state index in [1.54, 1.807) is 12.3 Å². The molecule has 0 spiro atoms. The van der Waals surface area contributed by atoms with Gasteiger partial charge in [0.25, 0.3) is 0 Å². The van der Waals surface area contributed by atoms with Gasteiger partial charge in [-0.25, -0.2) is 4.39 Å². The van der Waals surface area contributed by atoms with Crippen molar-refractivity contribution in [1.82, 2.24) is 9.88 Å². The van der Waals surface area contributed by atoms with E-state index in [1.807, 2.05) is 18.2 Å². The van der Waals surface area contributed by atoms with E-state index in [0.29, 0.717) is 12.6 Å². The molecule has 5 nitrogen and oxygen atoms in total. The Balaban J connectivity index is 1.45. The quantitative estimate of drug-likeness (QED) is 0.913. The highest BCUT2D eigenvalue weighted by Crippen LogP contribution is 2.27. The number of ether oxygens (including phenoxy) is 1. The summed E-state index contributed by atoms with van der Waals surface area (Å²) in [5.41, 5.74) is 2.02. The fraction of sp³-hybridized carbons (Fsp3) is 0.450. The molecular weight excluding hydrogens is 333 g/mol. The van der Waals surface area contributed by atoms with Crippen LogP contribution in [0.4, 0.5) is 10.1 Å². The van der Waals surface area contributed by atoms with E-state index >= 15 is 0 Å². The number of morpholine rings is 1. The van der Waals surface area contributed by atoms with Crippen molar-refractivity contribution < 1.29 is 9.13 Å². The first-order valence-corrected chi connectivity index (χ1v) is 9.24. The Morgan fingerprint density at radius 3 is 2.85 bits per heavy atom. The summed E-state index contributed by atoms with van der Waals surface area (Å²) in [6, 6.07) is 10.8. The Hall–Kier alpha value is -2.18. The Bertz CT molecular complexity index is 792. The van der Waals surface area contributed by atoms with E-state index in [1.165, 1.54) is 12.1 Å². The van der Waals surface area contributed by atoms with Gasteiger partial charge in [0.15, 0.2) is 0 Å². The van der Waals surface area contributed by atoms with E-state index in [0.717, 1.165) is 50.1 Å². The molecule has 2 saturated heterocycles. The number of H-pyrrole nitrogens is 1. The van der Waals surface area contributed by atoms with Crippen LogP contribution in [0.3, 0.4) is 0 Å². The second kappa shape index (κ2) is 7.60. The topological polar surface area (TPSA) is 48.6 Å². The summed E-state index contributed by atoms with van der Waals surface area (Å²) in [6.45, 7) is 3.21. The Kier molecular flexibility index (Phi) is 5.04. The van der Waals surface area contributed by atoms with Crippen LogP contribution in [-0.4, -0.2) is 48.4 Å². The summed E-state index contributed by atoms with van der Waals surface area (Å²) in [5.74, 6) is -0.193. The third kappa shape index (κ3) is 3.81. The van der Waals surface area contributed by atoms with Crippen LogP contribution in [0.1, 0.15) is 18.4 Å². The smallest absolute Gasteiger partial charge is 0.249 e. The van der Waals surface area contributed by atoms with E-state index in [-0.39, 0.29) is 17.6 Å². The average molecular weight is 357 g/mol. The predicted octanol–water partition coefficient (Wildman–Crippen LogP) is 2.38. The largest absolute Gasteiger partial charge is 0.365 e. The molecule has 0 aliphatic carbocycles. The Morgan fingerprint density at radius 2 is 2.04 bits per heavy atom. The standard InChI is InChI=1S/C20H24FN3O2/c21-16-5-3-15(4-6-16)12-18-2-1-9-24(18)20-14-23(10-11-26-20)17-7-8-22-19(25)13-17/h3-8,13,18,20H,1-2,9-12,14H2,(H,22,25). The summed E-state index contributed by atoms with van der Waals surface area (Å²) in [4.78, 5) is 18.9. The van der Waals surface area contributed by atoms with Crippen LogP contribution in [0, 0.1) is 5.82 Å². The molecule has 0 saturated carbocycles. The molecule has 0 bridgehead atoms. The van der Waals surface area contributed by atoms with Crippen molar-refractivity contribution in [3.05, 3.63) is 64.3 Å². The van der Waals surface area contributed by atoms with Crippen molar-refractivity contribution in [3.8, 4) is 0 Å². The lowest BCUT2D eigenvalue weighted by Gasteiger charge is -2.40. The van der Waals surface area contributed by atoms with Crippen LogP contribution in [-0.2, 0) is 11.2 Å². The van der Waals surface area contributed by atoms with Crippen molar-refractivity contribution in [2.75, 3.05) is 31.1 Å². The molecule has 2 aliphatic heterocycles. The molecule has 2 fully saturated rings. The zero-order chi connectivity index (χ0) is 17.9. The molecule has 4 rings (SSSR count). The number of hydrogen-bond donors (Lipinski definition) is 1. The molecule has 1 N–H and O–H groups in total. The van der Waals surface area contributed by atoms with Crippen molar-refractivity contribution >= 4 is 5.69 Å². The maximum Gasteiger partial charge on any atom is 0.249 e. The monoisotopic (exact) mass is 357 g/mol. The van der Waals surface area contributed by atoms with E-state index in [2.05, 4.69) is 14.8 Å². The van der Waals surface area contributed by atoms with Crippen molar-refractivity contribution in [2.45, 2.75) is 31.5 Å². The van der Waals surface area contributed by atoms with Gasteiger partial charge in [0, 0.05) is 37.1 Å². The molecule has 2 unspecified atom stereocenters. The molecular formula is C20H24FN3O2. The first-order chi connectivity index (χ1) is 12.7. The average Bonchev–Trinajstić information content (AvgIpc) is 3.12. The predicted molar refractivity (Wildman–Crippen MR) is 98.8 cm³/mol. The Labute approximate surface area is 152 Å². The van der Waals surface area contributed by atoms with Gasteiger partial charge < -0.3 is 14.6 Å². The maximum atomic E-state index is 13.1. The van der Waals surface area contributed by atoms with Gasteiger partial charge in [0.05, 0.1) is 13.2 Å². The van der Waals surface area contributed by atoms with Crippen molar-refractivity contribution in [3.63, 3.8) is 0 Å². The highest BCUT2D eigenvalue weighted by molar-refractivity contribution is 5.45. The van der Waals surface area contributed by atoms with Gasteiger partial charge in [0.2, 0.25) is 5.56 Å². The number of aromatic nitrogens is 1. The number of likely N-dealkylation sites (tertiary alicyclic amines) is 1. The van der Waals surface area contributed by atoms with Crippen LogP contribution in [0.2, 0.25) is 0 Å². The lowest BCUT2D eigenvalue weighted by atomic mass is 10.0. The first-order valence-electron chi connectivity index (χ1n) is 9.24. The highest BCUT2D eigenvalue weighted by atomic mass is 19.1. The molecule has 138 valence electrons. The van der Waals surface area contributed by atoms with Gasteiger partial charge in [-0.2, -0.15) is 0 Å². The van der Waals surface area contributed by atoms with Crippen molar-refractivity contribution in [2.24, 2.45) is 0 Å². The van der Waals surface area contributed by atoms with Crippen LogP contribution in [0.15, 0.2) is 47.4 Å². The van der Waals surface area contributed by atoms with Crippen LogP contribution in [0.25, 0.3) is 0 Å². The minimum Gasteiger partial charge on any atom is -0.365 e. The molecule has 1 aromatic heterocycles. The second-order valence-corrected chi connectivity index (χ2v) is 7.05. The number of benzene rings is 1. The van der Waals surface area contributed by atoms with Gasteiger partial charge in [-0.1, -0.05) is 12.1 Å². The zero-order valence-corrected chi connectivity index (χ0v) is 14.7. The molecule has 2 aliphatic rings. The minimum atomic E-state index is -0.193. The van der Waals surface area contributed by atoms with E-state index in [4.69, 9.17) is 4.74 Å². The van der Waals surface area contributed by atoms with Crippen molar-refractivity contribution in [1.29, 1.82) is 0 Å². The second-order valence-electron chi connectivity index (χ2n) is 7.05. The summed E-state index contributed by atoms with van der Waals surface area (Å²) in [7, 11) is 0. The number of nitrogens with one attached hydrogen (secondary N) is 1. The highest BCUT2D eigenvalue weighted by Gasteiger charge is 2.34. The minimum absolute atomic E-state index is 0.0241. The summed E-state index contributed by atoms with van der Waals surface area (Å²) >= 11 is 0. The molecule has 1 aromatic carbocycles. The summed E-state index contributed by atoms with van der Waals surface area (Å²) in [5, 5.41) is 0. The molecule has 6 heteroatoms. The number of nitrogens with zero attached hydrogens (tertiary/aromatic N) is 2. The zero-order valence-electron chi connectivity index (χ0n) is 14.7. The van der Waals surface area contributed by atoms with Crippen LogP contribution in [0.5, 0.6) is 0 Å². The van der Waals surface area contributed by atoms with Gasteiger partial charge in [0.1, 0.15) is 12.0 Å².